The summed E-state index contributed by atoms with van der Waals surface area (Å²) >= 11 is 0. The Labute approximate surface area is 110 Å². The Morgan fingerprint density at radius 3 is 1.88 bits per heavy atom. The van der Waals surface area contributed by atoms with Crippen LogP contribution in [0.4, 0.5) is 0 Å². The molecule has 0 aliphatic rings. The average molecular weight is 241 g/mol. The molecule has 1 nitrogen and oxygen atoms in total. The van der Waals surface area contributed by atoms with Crippen LogP contribution in [0.1, 0.15) is 79.1 Å². The van der Waals surface area contributed by atoms with Gasteiger partial charge in [-0.1, -0.05) is 53.4 Å². The fraction of sp³-hybridized carbons (Fsp3) is 1.00. The Hall–Kier alpha value is -0.0400. The number of hydrogen-bond donors (Lipinski definition) is 1. The average Bonchev–Trinajstić information content (AvgIpc) is 2.31. The molecule has 0 saturated carbocycles. The van der Waals surface area contributed by atoms with Crippen LogP contribution in [0.15, 0.2) is 0 Å². The first-order valence-electron chi connectivity index (χ1n) is 7.85. The minimum Gasteiger partial charge on any atom is -0.317 e. The Kier molecular flexibility index (Phi) is 11.0. The second kappa shape index (κ2) is 11.1. The molecule has 0 bridgehead atoms. The third kappa shape index (κ3) is 8.65. The lowest BCUT2D eigenvalue weighted by atomic mass is 9.86. The predicted molar refractivity (Wildman–Crippen MR) is 79.5 cm³/mol. The van der Waals surface area contributed by atoms with Crippen LogP contribution >= 0.6 is 0 Å². The highest BCUT2D eigenvalue weighted by Crippen LogP contribution is 2.25. The first-order valence-corrected chi connectivity index (χ1v) is 7.85. The van der Waals surface area contributed by atoms with Crippen molar-refractivity contribution in [3.63, 3.8) is 0 Å². The molecule has 1 heteroatoms. The monoisotopic (exact) mass is 241 g/mol. The molecular formula is C16H35N. The van der Waals surface area contributed by atoms with Crippen molar-refractivity contribution in [2.24, 2.45) is 11.8 Å². The van der Waals surface area contributed by atoms with E-state index >= 15 is 0 Å². The summed E-state index contributed by atoms with van der Waals surface area (Å²) < 4.78 is 0. The van der Waals surface area contributed by atoms with Crippen LogP contribution in [0.2, 0.25) is 0 Å². The van der Waals surface area contributed by atoms with E-state index in [4.69, 9.17) is 0 Å². The second-order valence-corrected chi connectivity index (χ2v) is 5.76. The van der Waals surface area contributed by atoms with Gasteiger partial charge < -0.3 is 5.32 Å². The summed E-state index contributed by atoms with van der Waals surface area (Å²) in [7, 11) is 2.09. The van der Waals surface area contributed by atoms with Crippen molar-refractivity contribution < 1.29 is 0 Å². The maximum absolute atomic E-state index is 3.41. The van der Waals surface area contributed by atoms with Gasteiger partial charge in [0.05, 0.1) is 0 Å². The van der Waals surface area contributed by atoms with Crippen molar-refractivity contribution in [2.45, 2.75) is 85.1 Å². The topological polar surface area (TPSA) is 12.0 Å². The molecule has 0 heterocycles. The molecule has 0 radical (unpaired) electrons. The molecule has 0 amide bonds. The second-order valence-electron chi connectivity index (χ2n) is 5.76. The van der Waals surface area contributed by atoms with Gasteiger partial charge in [0.15, 0.2) is 0 Å². The van der Waals surface area contributed by atoms with Crippen LogP contribution < -0.4 is 5.32 Å². The Morgan fingerprint density at radius 1 is 0.882 bits per heavy atom. The lowest BCUT2D eigenvalue weighted by Crippen LogP contribution is -2.24. The zero-order valence-electron chi connectivity index (χ0n) is 12.9. The first kappa shape index (κ1) is 17.0. The van der Waals surface area contributed by atoms with Crippen LogP contribution in [-0.2, 0) is 0 Å². The highest BCUT2D eigenvalue weighted by atomic mass is 14.9. The van der Waals surface area contributed by atoms with E-state index in [1.165, 1.54) is 51.4 Å². The first-order chi connectivity index (χ1) is 8.17. The molecule has 0 aliphatic heterocycles. The van der Waals surface area contributed by atoms with Crippen LogP contribution in [0, 0.1) is 11.8 Å². The SMILES string of the molecule is CCCC(CCC)CC(C)CCC(CC)NC. The van der Waals surface area contributed by atoms with Gasteiger partial charge in [-0.05, 0) is 44.6 Å². The van der Waals surface area contributed by atoms with Gasteiger partial charge in [0.1, 0.15) is 0 Å². The van der Waals surface area contributed by atoms with Crippen molar-refractivity contribution in [2.75, 3.05) is 7.05 Å². The van der Waals surface area contributed by atoms with Gasteiger partial charge in [-0.2, -0.15) is 0 Å². The largest absolute Gasteiger partial charge is 0.317 e. The van der Waals surface area contributed by atoms with Crippen molar-refractivity contribution in [3.8, 4) is 0 Å². The van der Waals surface area contributed by atoms with E-state index < -0.39 is 0 Å². The molecule has 0 aliphatic carbocycles. The van der Waals surface area contributed by atoms with Crippen molar-refractivity contribution in [3.05, 3.63) is 0 Å². The van der Waals surface area contributed by atoms with Crippen molar-refractivity contribution >= 4 is 0 Å². The highest BCUT2D eigenvalue weighted by molar-refractivity contribution is 4.68. The molecule has 2 atom stereocenters. The van der Waals surface area contributed by atoms with Crippen LogP contribution in [0.3, 0.4) is 0 Å². The molecule has 0 spiro atoms. The fourth-order valence-electron chi connectivity index (χ4n) is 2.92. The fourth-order valence-corrected chi connectivity index (χ4v) is 2.92. The predicted octanol–water partition coefficient (Wildman–Crippen LogP) is 5.01. The number of rotatable bonds is 11. The summed E-state index contributed by atoms with van der Waals surface area (Å²) in [6, 6.07) is 0.730. The van der Waals surface area contributed by atoms with Gasteiger partial charge in [-0.25, -0.2) is 0 Å². The summed E-state index contributed by atoms with van der Waals surface area (Å²) in [6.45, 7) is 9.37. The third-order valence-electron chi connectivity index (χ3n) is 4.04. The highest BCUT2D eigenvalue weighted by Gasteiger charge is 2.13. The number of nitrogens with one attached hydrogen (secondary N) is 1. The maximum Gasteiger partial charge on any atom is 0.00615 e. The van der Waals surface area contributed by atoms with Crippen molar-refractivity contribution in [1.29, 1.82) is 0 Å². The molecular weight excluding hydrogens is 206 g/mol. The van der Waals surface area contributed by atoms with Gasteiger partial charge in [0, 0.05) is 6.04 Å². The van der Waals surface area contributed by atoms with E-state index in [2.05, 4.69) is 40.1 Å². The molecule has 2 unspecified atom stereocenters. The van der Waals surface area contributed by atoms with E-state index in [1.54, 1.807) is 0 Å². The van der Waals surface area contributed by atoms with Gasteiger partial charge in [-0.15, -0.1) is 0 Å². The molecule has 0 aromatic heterocycles. The van der Waals surface area contributed by atoms with Gasteiger partial charge in [0.2, 0.25) is 0 Å². The standard InChI is InChI=1S/C16H35N/c1-6-9-15(10-7-2)13-14(4)11-12-16(8-3)17-5/h14-17H,6-13H2,1-5H3. The summed E-state index contributed by atoms with van der Waals surface area (Å²) in [5.74, 6) is 1.88. The molecule has 0 fully saturated rings. The smallest absolute Gasteiger partial charge is 0.00615 e. The van der Waals surface area contributed by atoms with Crippen LogP contribution in [0.5, 0.6) is 0 Å². The van der Waals surface area contributed by atoms with E-state index in [-0.39, 0.29) is 0 Å². The Bertz CT molecular complexity index is 146. The molecule has 0 aromatic rings. The maximum atomic E-state index is 3.41. The van der Waals surface area contributed by atoms with Gasteiger partial charge in [0.25, 0.3) is 0 Å². The zero-order chi connectivity index (χ0) is 13.1. The van der Waals surface area contributed by atoms with Crippen molar-refractivity contribution in [1.82, 2.24) is 5.32 Å². The lowest BCUT2D eigenvalue weighted by Gasteiger charge is -2.22. The third-order valence-corrected chi connectivity index (χ3v) is 4.04. The summed E-state index contributed by atoms with van der Waals surface area (Å²) in [4.78, 5) is 0. The van der Waals surface area contributed by atoms with E-state index in [0.717, 1.165) is 17.9 Å². The molecule has 0 aromatic carbocycles. The summed E-state index contributed by atoms with van der Waals surface area (Å²) in [6.07, 6.45) is 11.0. The molecule has 0 rings (SSSR count). The molecule has 1 N–H and O–H groups in total. The van der Waals surface area contributed by atoms with Gasteiger partial charge >= 0.3 is 0 Å². The van der Waals surface area contributed by atoms with Gasteiger partial charge in [-0.3, -0.25) is 0 Å². The molecule has 0 saturated heterocycles. The van der Waals surface area contributed by atoms with E-state index in [1.807, 2.05) is 0 Å². The minimum atomic E-state index is 0.730. The number of hydrogen-bond acceptors (Lipinski definition) is 1. The normalized spacial score (nSPS) is 15.2. The summed E-state index contributed by atoms with van der Waals surface area (Å²) in [5, 5.41) is 3.41. The molecule has 104 valence electrons. The van der Waals surface area contributed by atoms with E-state index in [9.17, 15) is 0 Å². The molecule has 17 heavy (non-hydrogen) atoms. The Balaban J connectivity index is 3.83. The summed E-state index contributed by atoms with van der Waals surface area (Å²) in [5.41, 5.74) is 0. The van der Waals surface area contributed by atoms with Crippen LogP contribution in [-0.4, -0.2) is 13.1 Å². The van der Waals surface area contributed by atoms with Crippen LogP contribution in [0.25, 0.3) is 0 Å². The minimum absolute atomic E-state index is 0.730. The quantitative estimate of drug-likeness (QED) is 0.536. The zero-order valence-corrected chi connectivity index (χ0v) is 12.9. The van der Waals surface area contributed by atoms with E-state index in [0.29, 0.717) is 0 Å². The lowest BCUT2D eigenvalue weighted by molar-refractivity contribution is 0.317. The Morgan fingerprint density at radius 2 is 1.47 bits per heavy atom.